The summed E-state index contributed by atoms with van der Waals surface area (Å²) in [6.45, 7) is 3.16. The minimum absolute atomic E-state index is 0.120. The van der Waals surface area contributed by atoms with Gasteiger partial charge < -0.3 is 15.0 Å². The predicted octanol–water partition coefficient (Wildman–Crippen LogP) is 2.38. The van der Waals surface area contributed by atoms with Crippen LogP contribution in [0.2, 0.25) is 0 Å². The number of nitrogens with one attached hydrogen (secondary N) is 1. The zero-order valence-corrected chi connectivity index (χ0v) is 16.9. The first-order chi connectivity index (χ1) is 14.5. The maximum atomic E-state index is 12.6. The zero-order valence-electron chi connectivity index (χ0n) is 16.9. The second-order valence-corrected chi connectivity index (χ2v) is 7.19. The topological polar surface area (TPSA) is 89.4 Å². The summed E-state index contributed by atoms with van der Waals surface area (Å²) in [5, 5.41) is 2.80. The van der Waals surface area contributed by atoms with Gasteiger partial charge in [0.1, 0.15) is 6.10 Å². The standard InChI is InChI=1S/C22H23N5O3/c1-15(28)24-18-5-3-4-17(12-18)20-14-27(10-11-30-20)22-25-19(13-21(29)26(22)2)16-6-8-23-9-7-16/h3-9,12-13,20H,10-11,14H2,1-2H3,(H,24,28). The van der Waals surface area contributed by atoms with E-state index in [1.165, 1.54) is 13.0 Å². The summed E-state index contributed by atoms with van der Waals surface area (Å²) in [5.74, 6) is 0.478. The molecule has 0 radical (unpaired) electrons. The van der Waals surface area contributed by atoms with Gasteiger partial charge in [-0.25, -0.2) is 4.98 Å². The first-order valence-corrected chi connectivity index (χ1v) is 9.74. The van der Waals surface area contributed by atoms with Crippen molar-refractivity contribution < 1.29 is 9.53 Å². The third kappa shape index (κ3) is 4.23. The second-order valence-electron chi connectivity index (χ2n) is 7.19. The van der Waals surface area contributed by atoms with Gasteiger partial charge in [0.05, 0.1) is 18.8 Å². The Morgan fingerprint density at radius 3 is 2.77 bits per heavy atom. The van der Waals surface area contributed by atoms with Crippen LogP contribution in [0.4, 0.5) is 11.6 Å². The lowest BCUT2D eigenvalue weighted by Crippen LogP contribution is -2.41. The number of ether oxygens (including phenoxy) is 1. The van der Waals surface area contributed by atoms with Crippen molar-refractivity contribution in [3.63, 3.8) is 0 Å². The number of pyridine rings is 1. The molecule has 1 atom stereocenters. The highest BCUT2D eigenvalue weighted by molar-refractivity contribution is 5.88. The average Bonchev–Trinajstić information content (AvgIpc) is 2.76. The first-order valence-electron chi connectivity index (χ1n) is 9.74. The van der Waals surface area contributed by atoms with Crippen molar-refractivity contribution in [1.82, 2.24) is 14.5 Å². The number of carbonyl (C=O) groups excluding carboxylic acids is 1. The largest absolute Gasteiger partial charge is 0.370 e. The van der Waals surface area contributed by atoms with Crippen LogP contribution in [0.1, 0.15) is 18.6 Å². The Balaban J connectivity index is 1.63. The fourth-order valence-corrected chi connectivity index (χ4v) is 3.53. The molecule has 0 saturated carbocycles. The number of nitrogens with zero attached hydrogens (tertiary/aromatic N) is 4. The molecule has 154 valence electrons. The van der Waals surface area contributed by atoms with Gasteiger partial charge in [-0.1, -0.05) is 12.1 Å². The Morgan fingerprint density at radius 2 is 2.00 bits per heavy atom. The molecular weight excluding hydrogens is 382 g/mol. The molecule has 1 aliphatic heterocycles. The van der Waals surface area contributed by atoms with E-state index >= 15 is 0 Å². The number of hydrogen-bond donors (Lipinski definition) is 1. The maximum absolute atomic E-state index is 12.6. The van der Waals surface area contributed by atoms with Crippen molar-refractivity contribution in [2.75, 3.05) is 29.9 Å². The van der Waals surface area contributed by atoms with Crippen LogP contribution >= 0.6 is 0 Å². The van der Waals surface area contributed by atoms with Crippen LogP contribution in [0, 0.1) is 0 Å². The van der Waals surface area contributed by atoms with Gasteiger partial charge in [0.25, 0.3) is 5.56 Å². The molecule has 2 aromatic heterocycles. The number of aromatic nitrogens is 3. The number of morpholine rings is 1. The maximum Gasteiger partial charge on any atom is 0.255 e. The number of rotatable bonds is 4. The van der Waals surface area contributed by atoms with Gasteiger partial charge in [0.15, 0.2) is 0 Å². The summed E-state index contributed by atoms with van der Waals surface area (Å²) >= 11 is 0. The van der Waals surface area contributed by atoms with Crippen molar-refractivity contribution in [1.29, 1.82) is 0 Å². The quantitative estimate of drug-likeness (QED) is 0.717. The smallest absolute Gasteiger partial charge is 0.255 e. The fourth-order valence-electron chi connectivity index (χ4n) is 3.53. The Bertz CT molecular complexity index is 1110. The van der Waals surface area contributed by atoms with Crippen molar-refractivity contribution in [2.24, 2.45) is 7.05 Å². The van der Waals surface area contributed by atoms with Crippen LogP contribution in [-0.2, 0) is 16.6 Å². The molecule has 1 fully saturated rings. The summed E-state index contributed by atoms with van der Waals surface area (Å²) in [5.41, 5.74) is 3.03. The first kappa shape index (κ1) is 19.8. The van der Waals surface area contributed by atoms with Crippen LogP contribution in [0.5, 0.6) is 0 Å². The molecule has 30 heavy (non-hydrogen) atoms. The highest BCUT2D eigenvalue weighted by Crippen LogP contribution is 2.27. The highest BCUT2D eigenvalue weighted by Gasteiger charge is 2.25. The van der Waals surface area contributed by atoms with E-state index in [-0.39, 0.29) is 17.6 Å². The molecule has 1 amide bonds. The van der Waals surface area contributed by atoms with Gasteiger partial charge in [-0.15, -0.1) is 0 Å². The van der Waals surface area contributed by atoms with Crippen molar-refractivity contribution >= 4 is 17.5 Å². The van der Waals surface area contributed by atoms with E-state index in [1.807, 2.05) is 36.4 Å². The van der Waals surface area contributed by atoms with Gasteiger partial charge in [-0.3, -0.25) is 19.1 Å². The Morgan fingerprint density at radius 1 is 1.20 bits per heavy atom. The lowest BCUT2D eigenvalue weighted by atomic mass is 10.1. The number of anilines is 2. The zero-order chi connectivity index (χ0) is 21.1. The van der Waals surface area contributed by atoms with Crippen LogP contribution < -0.4 is 15.8 Å². The van der Waals surface area contributed by atoms with Crippen molar-refractivity contribution in [3.8, 4) is 11.3 Å². The summed E-state index contributed by atoms with van der Waals surface area (Å²) in [4.78, 5) is 34.8. The second kappa shape index (κ2) is 8.46. The minimum Gasteiger partial charge on any atom is -0.370 e. The molecule has 1 unspecified atom stereocenters. The Kier molecular flexibility index (Phi) is 5.58. The third-order valence-corrected chi connectivity index (χ3v) is 5.02. The van der Waals surface area contributed by atoms with Gasteiger partial charge in [0.2, 0.25) is 11.9 Å². The summed E-state index contributed by atoms with van der Waals surface area (Å²) in [7, 11) is 1.73. The minimum atomic E-state index is -0.200. The van der Waals surface area contributed by atoms with E-state index in [9.17, 15) is 9.59 Å². The van der Waals surface area contributed by atoms with Crippen molar-refractivity contribution in [3.05, 3.63) is 70.8 Å². The number of amides is 1. The molecular formula is C22H23N5O3. The predicted molar refractivity (Wildman–Crippen MR) is 114 cm³/mol. The lowest BCUT2D eigenvalue weighted by Gasteiger charge is -2.34. The molecule has 1 N–H and O–H groups in total. The Labute approximate surface area is 174 Å². The van der Waals surface area contributed by atoms with Crippen LogP contribution in [-0.4, -0.2) is 40.1 Å². The molecule has 0 aliphatic carbocycles. The summed E-state index contributed by atoms with van der Waals surface area (Å²) in [6.07, 6.45) is 3.16. The van der Waals surface area contributed by atoms with Crippen LogP contribution in [0.25, 0.3) is 11.3 Å². The van der Waals surface area contributed by atoms with Gasteiger partial charge in [-0.05, 0) is 29.8 Å². The number of benzene rings is 1. The molecule has 8 heteroatoms. The van der Waals surface area contributed by atoms with E-state index in [4.69, 9.17) is 9.72 Å². The van der Waals surface area contributed by atoms with Crippen LogP contribution in [0.15, 0.2) is 59.7 Å². The van der Waals surface area contributed by atoms with E-state index in [2.05, 4.69) is 15.2 Å². The molecule has 0 bridgehead atoms. The molecule has 3 aromatic rings. The number of hydrogen-bond acceptors (Lipinski definition) is 6. The van der Waals surface area contributed by atoms with Gasteiger partial charge in [-0.2, -0.15) is 0 Å². The molecule has 3 heterocycles. The van der Waals surface area contributed by atoms with E-state index in [0.29, 0.717) is 31.3 Å². The lowest BCUT2D eigenvalue weighted by molar-refractivity contribution is -0.114. The molecule has 0 spiro atoms. The SMILES string of the molecule is CC(=O)Nc1cccc(C2CN(c3nc(-c4ccncc4)cc(=O)n3C)CCO2)c1. The van der Waals surface area contributed by atoms with Crippen molar-refractivity contribution in [2.45, 2.75) is 13.0 Å². The summed E-state index contributed by atoms with van der Waals surface area (Å²) in [6, 6.07) is 12.8. The molecule has 4 rings (SSSR count). The fraction of sp³-hybridized carbons (Fsp3) is 0.273. The normalized spacial score (nSPS) is 16.3. The highest BCUT2D eigenvalue weighted by atomic mass is 16.5. The third-order valence-electron chi connectivity index (χ3n) is 5.02. The average molecular weight is 405 g/mol. The molecule has 8 nitrogen and oxygen atoms in total. The monoisotopic (exact) mass is 405 g/mol. The summed E-state index contributed by atoms with van der Waals surface area (Å²) < 4.78 is 7.54. The Hall–Kier alpha value is -3.52. The number of carbonyl (C=O) groups is 1. The van der Waals surface area contributed by atoms with E-state index in [0.717, 1.165) is 16.8 Å². The molecule has 1 saturated heterocycles. The molecule has 1 aromatic carbocycles. The van der Waals surface area contributed by atoms with Gasteiger partial charge >= 0.3 is 0 Å². The van der Waals surface area contributed by atoms with Crippen LogP contribution in [0.3, 0.4) is 0 Å². The van der Waals surface area contributed by atoms with Gasteiger partial charge in [0, 0.05) is 50.2 Å². The molecule has 1 aliphatic rings. The van der Waals surface area contributed by atoms with E-state index < -0.39 is 0 Å². The van der Waals surface area contributed by atoms with E-state index in [1.54, 1.807) is 24.0 Å².